The van der Waals surface area contributed by atoms with E-state index in [1.54, 1.807) is 0 Å². The Morgan fingerprint density at radius 2 is 2.04 bits per heavy atom. The number of nitrogens with two attached hydrogens (primary N) is 1. The molecule has 126 valence electrons. The number of alkyl halides is 3. The van der Waals surface area contributed by atoms with Crippen molar-refractivity contribution in [2.45, 2.75) is 18.8 Å². The first-order chi connectivity index (χ1) is 10.6. The number of hydroxylamine groups is 1. The fourth-order valence-corrected chi connectivity index (χ4v) is 1.95. The first kappa shape index (κ1) is 16.9. The highest BCUT2D eigenvalue weighted by Gasteiger charge is 2.36. The van der Waals surface area contributed by atoms with E-state index in [1.165, 1.54) is 20.2 Å². The number of halogens is 3. The largest absolute Gasteiger partial charge is 0.573 e. The highest BCUT2D eigenvalue weighted by molar-refractivity contribution is 5.99. The highest BCUT2D eigenvalue weighted by Crippen LogP contribution is 2.33. The lowest BCUT2D eigenvalue weighted by Crippen LogP contribution is -2.50. The molecule has 0 saturated heterocycles. The van der Waals surface area contributed by atoms with Gasteiger partial charge in [0.2, 0.25) is 0 Å². The maximum atomic E-state index is 12.3. The Labute approximate surface area is 129 Å². The minimum atomic E-state index is -4.88. The highest BCUT2D eigenvalue weighted by atomic mass is 19.4. The Kier molecular flexibility index (Phi) is 4.37. The van der Waals surface area contributed by atoms with Gasteiger partial charge in [-0.3, -0.25) is 4.79 Å². The van der Waals surface area contributed by atoms with Gasteiger partial charge in [-0.2, -0.15) is 0 Å². The van der Waals surface area contributed by atoms with Crippen molar-refractivity contribution in [3.8, 4) is 5.75 Å². The molecule has 1 aromatic carbocycles. The van der Waals surface area contributed by atoms with Gasteiger partial charge in [0.05, 0.1) is 11.7 Å². The number of rotatable bonds is 2. The second-order valence-corrected chi connectivity index (χ2v) is 5.03. The molecule has 0 bridgehead atoms. The second kappa shape index (κ2) is 5.95. The monoisotopic (exact) mass is 333 g/mol. The summed E-state index contributed by atoms with van der Waals surface area (Å²) in [7, 11) is 2.78. The third-order valence-corrected chi connectivity index (χ3v) is 3.00. The normalized spacial score (nSPS) is 17.6. The van der Waals surface area contributed by atoms with Crippen LogP contribution >= 0.6 is 0 Å². The van der Waals surface area contributed by atoms with Crippen molar-refractivity contribution < 1.29 is 32.3 Å². The molecule has 2 rings (SSSR count). The summed E-state index contributed by atoms with van der Waals surface area (Å²) in [6.07, 6.45) is -5.65. The molecule has 1 heterocycles. The van der Waals surface area contributed by atoms with E-state index in [1.807, 2.05) is 0 Å². The average molecular weight is 333 g/mol. The summed E-state index contributed by atoms with van der Waals surface area (Å²) in [5, 5.41) is 0.592. The van der Waals surface area contributed by atoms with E-state index in [9.17, 15) is 22.8 Å². The fourth-order valence-electron chi connectivity index (χ4n) is 1.95. The molecule has 10 heteroatoms. The summed E-state index contributed by atoms with van der Waals surface area (Å²) >= 11 is 0. The minimum Gasteiger partial charge on any atom is -0.406 e. The second-order valence-electron chi connectivity index (χ2n) is 5.03. The maximum absolute atomic E-state index is 12.3. The first-order valence-electron chi connectivity index (χ1n) is 6.46. The smallest absolute Gasteiger partial charge is 0.406 e. The van der Waals surface area contributed by atoms with Gasteiger partial charge in [0, 0.05) is 20.2 Å². The van der Waals surface area contributed by atoms with Gasteiger partial charge in [-0.1, -0.05) is 6.07 Å². The molecule has 0 unspecified atom stereocenters. The molecule has 0 radical (unpaired) electrons. The van der Waals surface area contributed by atoms with Crippen LogP contribution in [0.1, 0.15) is 5.56 Å². The van der Waals surface area contributed by atoms with Crippen molar-refractivity contribution in [1.29, 1.82) is 0 Å². The van der Waals surface area contributed by atoms with Gasteiger partial charge in [-0.25, -0.2) is 4.79 Å². The number of hydrogen-bond acceptors (Lipinski definition) is 5. The Morgan fingerprint density at radius 1 is 1.39 bits per heavy atom. The van der Waals surface area contributed by atoms with Gasteiger partial charge in [0.1, 0.15) is 5.75 Å². The van der Waals surface area contributed by atoms with Gasteiger partial charge < -0.3 is 20.2 Å². The standard InChI is InChI=1S/C13H14F3N3O4/c1-18(2)12(21)23-19-10-6-8(22-13(14,15)16)4-3-7(10)5-9(17)11(19)20/h3-4,6,9H,5,17H2,1-2H3/t9-/m0/s1. The summed E-state index contributed by atoms with van der Waals surface area (Å²) in [6.45, 7) is 0. The lowest BCUT2D eigenvalue weighted by molar-refractivity contribution is -0.274. The Morgan fingerprint density at radius 3 is 2.61 bits per heavy atom. The maximum Gasteiger partial charge on any atom is 0.573 e. The summed E-state index contributed by atoms with van der Waals surface area (Å²) in [6, 6.07) is 2.43. The van der Waals surface area contributed by atoms with Crippen molar-refractivity contribution in [1.82, 2.24) is 4.90 Å². The summed E-state index contributed by atoms with van der Waals surface area (Å²) in [5.74, 6) is -1.28. The van der Waals surface area contributed by atoms with E-state index in [-0.39, 0.29) is 12.1 Å². The molecule has 1 atom stereocenters. The third kappa shape index (κ3) is 3.83. The molecule has 1 aromatic rings. The lowest BCUT2D eigenvalue weighted by atomic mass is 9.99. The van der Waals surface area contributed by atoms with Crippen molar-refractivity contribution >= 4 is 17.7 Å². The lowest BCUT2D eigenvalue weighted by Gasteiger charge is -2.31. The van der Waals surface area contributed by atoms with Gasteiger partial charge in [-0.15, -0.1) is 18.2 Å². The minimum absolute atomic E-state index is 0.0198. The first-order valence-corrected chi connectivity index (χ1v) is 6.46. The van der Waals surface area contributed by atoms with E-state index in [0.717, 1.165) is 17.0 Å². The number of carbonyl (C=O) groups is 2. The van der Waals surface area contributed by atoms with Crippen LogP contribution in [0, 0.1) is 0 Å². The van der Waals surface area contributed by atoms with Gasteiger partial charge in [0.25, 0.3) is 5.91 Å². The van der Waals surface area contributed by atoms with E-state index in [4.69, 9.17) is 10.6 Å². The number of carbonyl (C=O) groups excluding carboxylic acids is 2. The van der Waals surface area contributed by atoms with Crippen molar-refractivity contribution in [2.75, 3.05) is 19.2 Å². The van der Waals surface area contributed by atoms with E-state index < -0.39 is 30.2 Å². The fraction of sp³-hybridized carbons (Fsp3) is 0.385. The van der Waals surface area contributed by atoms with Crippen LogP contribution in [0.25, 0.3) is 0 Å². The Balaban J connectivity index is 2.38. The molecule has 7 nitrogen and oxygen atoms in total. The average Bonchev–Trinajstić information content (AvgIpc) is 2.42. The third-order valence-electron chi connectivity index (χ3n) is 3.00. The SMILES string of the molecule is CN(C)C(=O)ON1C(=O)[C@@H](N)Cc2ccc(OC(F)(F)F)cc21. The predicted octanol–water partition coefficient (Wildman–Crippen LogP) is 1.41. The van der Waals surface area contributed by atoms with Crippen LogP contribution in [0.2, 0.25) is 0 Å². The summed E-state index contributed by atoms with van der Waals surface area (Å²) in [4.78, 5) is 29.7. The van der Waals surface area contributed by atoms with Crippen LogP contribution in [0.5, 0.6) is 5.75 Å². The number of benzene rings is 1. The molecular formula is C13H14F3N3O4. The van der Waals surface area contributed by atoms with Crippen LogP contribution in [-0.2, 0) is 16.1 Å². The number of nitrogens with zero attached hydrogens (tertiary/aromatic N) is 2. The van der Waals surface area contributed by atoms with Crippen molar-refractivity contribution in [3.63, 3.8) is 0 Å². The Bertz CT molecular complexity index is 633. The quantitative estimate of drug-likeness (QED) is 0.885. The topological polar surface area (TPSA) is 85.1 Å². The number of ether oxygens (including phenoxy) is 1. The van der Waals surface area contributed by atoms with Crippen LogP contribution < -0.4 is 15.5 Å². The molecule has 0 aromatic heterocycles. The molecule has 1 aliphatic heterocycles. The summed E-state index contributed by atoms with van der Waals surface area (Å²) in [5.41, 5.74) is 6.10. The molecular weight excluding hydrogens is 319 g/mol. The number of amides is 2. The van der Waals surface area contributed by atoms with Crippen LogP contribution in [0.3, 0.4) is 0 Å². The van der Waals surface area contributed by atoms with Crippen LogP contribution in [0.15, 0.2) is 18.2 Å². The number of hydrogen-bond donors (Lipinski definition) is 1. The molecule has 0 aliphatic carbocycles. The van der Waals surface area contributed by atoms with Crippen molar-refractivity contribution in [2.24, 2.45) is 5.73 Å². The summed E-state index contributed by atoms with van der Waals surface area (Å²) < 4.78 is 40.7. The zero-order chi connectivity index (χ0) is 17.4. The predicted molar refractivity (Wildman–Crippen MR) is 72.5 cm³/mol. The molecule has 2 amide bonds. The zero-order valence-electron chi connectivity index (χ0n) is 12.3. The molecule has 0 fully saturated rings. The van der Waals surface area contributed by atoms with Gasteiger partial charge >= 0.3 is 12.5 Å². The zero-order valence-corrected chi connectivity index (χ0v) is 12.3. The van der Waals surface area contributed by atoms with E-state index in [2.05, 4.69) is 4.74 Å². The van der Waals surface area contributed by atoms with E-state index >= 15 is 0 Å². The van der Waals surface area contributed by atoms with Crippen LogP contribution in [0.4, 0.5) is 23.7 Å². The molecule has 1 aliphatic rings. The van der Waals surface area contributed by atoms with Crippen LogP contribution in [-0.4, -0.2) is 43.4 Å². The number of fused-ring (bicyclic) bond motifs is 1. The molecule has 0 spiro atoms. The Hall–Kier alpha value is -2.49. The van der Waals surface area contributed by atoms with Crippen molar-refractivity contribution in [3.05, 3.63) is 23.8 Å². The van der Waals surface area contributed by atoms with E-state index in [0.29, 0.717) is 10.6 Å². The van der Waals surface area contributed by atoms with Gasteiger partial charge in [-0.05, 0) is 18.1 Å². The van der Waals surface area contributed by atoms with Gasteiger partial charge in [0.15, 0.2) is 0 Å². The molecule has 23 heavy (non-hydrogen) atoms. The molecule has 2 N–H and O–H groups in total. The molecule has 0 saturated carbocycles. The number of anilines is 1.